The molecule has 0 aromatic heterocycles. The predicted octanol–water partition coefficient (Wildman–Crippen LogP) is 3.98. The fourth-order valence-corrected chi connectivity index (χ4v) is 9.77. The van der Waals surface area contributed by atoms with Gasteiger partial charge in [-0.3, -0.25) is 8.42 Å². The van der Waals surface area contributed by atoms with Crippen molar-refractivity contribution in [1.82, 2.24) is 0 Å². The lowest BCUT2D eigenvalue weighted by Crippen LogP contribution is -2.65. The van der Waals surface area contributed by atoms with Crippen LogP contribution in [0.5, 0.6) is 0 Å². The molecule has 0 aliphatic heterocycles. The van der Waals surface area contributed by atoms with Gasteiger partial charge >= 0.3 is 0 Å². The second-order valence-electron chi connectivity index (χ2n) is 14.7. The Morgan fingerprint density at radius 2 is 0.667 bits per heavy atom. The number of hydrogen-bond acceptors (Lipinski definition) is 4. The predicted molar refractivity (Wildman–Crippen MR) is 128 cm³/mol. The fourth-order valence-electron chi connectivity index (χ4n) is 9.77. The summed E-state index contributed by atoms with van der Waals surface area (Å²) in [4.78, 5) is 0. The molecule has 7 heteroatoms. The molecule has 8 aliphatic carbocycles. The molecule has 8 fully saturated rings. The quantitative estimate of drug-likeness (QED) is 0.337. The summed E-state index contributed by atoms with van der Waals surface area (Å²) < 4.78 is 36.5. The number of hydrogen-bond donors (Lipinski definition) is 0. The van der Waals surface area contributed by atoms with E-state index in [4.69, 9.17) is 17.5 Å². The lowest BCUT2D eigenvalue weighted by Gasteiger charge is -2.61. The van der Waals surface area contributed by atoms with E-state index < -0.39 is 10.4 Å². The van der Waals surface area contributed by atoms with E-state index >= 15 is 0 Å². The number of quaternary nitrogens is 2. The van der Waals surface area contributed by atoms with E-state index in [9.17, 15) is 0 Å². The van der Waals surface area contributed by atoms with Crippen molar-refractivity contribution in [1.29, 1.82) is 0 Å². The van der Waals surface area contributed by atoms with Gasteiger partial charge < -0.3 is 18.1 Å². The van der Waals surface area contributed by atoms with Crippen LogP contribution in [0, 0.1) is 35.5 Å². The lowest BCUT2D eigenvalue weighted by molar-refractivity contribution is -0.930. The third-order valence-electron chi connectivity index (χ3n) is 10.9. The van der Waals surface area contributed by atoms with Gasteiger partial charge in [0.15, 0.2) is 0 Å². The third-order valence-corrected chi connectivity index (χ3v) is 10.9. The summed E-state index contributed by atoms with van der Waals surface area (Å²) >= 11 is 0. The zero-order chi connectivity index (χ0) is 24.4. The van der Waals surface area contributed by atoms with Gasteiger partial charge in [0.05, 0.1) is 53.4 Å². The summed E-state index contributed by atoms with van der Waals surface area (Å²) in [6.45, 7) is 0. The fraction of sp³-hybridized carbons (Fsp3) is 1.00. The molecule has 8 aliphatic rings. The molecule has 0 aromatic carbocycles. The van der Waals surface area contributed by atoms with Crippen LogP contribution in [0.25, 0.3) is 0 Å². The minimum Gasteiger partial charge on any atom is -0.759 e. The van der Waals surface area contributed by atoms with Crippen molar-refractivity contribution in [2.24, 2.45) is 35.5 Å². The molecule has 0 amide bonds. The first-order chi connectivity index (χ1) is 15.0. The van der Waals surface area contributed by atoms with Gasteiger partial charge in [0.25, 0.3) is 0 Å². The number of nitrogens with zero attached hydrogens (tertiary/aromatic N) is 2. The minimum atomic E-state index is -5.17. The van der Waals surface area contributed by atoms with E-state index in [0.29, 0.717) is 11.1 Å². The third kappa shape index (κ3) is 5.47. The van der Waals surface area contributed by atoms with Crippen molar-refractivity contribution in [2.75, 3.05) is 42.3 Å². The van der Waals surface area contributed by atoms with Crippen LogP contribution in [0.3, 0.4) is 0 Å². The van der Waals surface area contributed by atoms with Crippen LogP contribution in [-0.4, -0.2) is 79.9 Å². The van der Waals surface area contributed by atoms with Crippen molar-refractivity contribution in [2.45, 2.75) is 88.1 Å². The van der Waals surface area contributed by atoms with Crippen molar-refractivity contribution >= 4 is 10.4 Å². The van der Waals surface area contributed by atoms with Gasteiger partial charge in [-0.05, 0) is 74.0 Å². The van der Waals surface area contributed by atoms with E-state index in [1.54, 1.807) is 38.5 Å². The molecule has 0 N–H and O–H groups in total. The topological polar surface area (TPSA) is 80.3 Å². The van der Waals surface area contributed by atoms with Crippen LogP contribution in [0.2, 0.25) is 0 Å². The molecule has 8 bridgehead atoms. The second-order valence-corrected chi connectivity index (χ2v) is 15.5. The zero-order valence-electron chi connectivity index (χ0n) is 21.9. The smallest absolute Gasteiger partial charge is 0.0994 e. The number of rotatable bonds is 2. The molecule has 6 nitrogen and oxygen atoms in total. The van der Waals surface area contributed by atoms with Crippen LogP contribution < -0.4 is 0 Å². The van der Waals surface area contributed by atoms with Gasteiger partial charge in [-0.2, -0.15) is 0 Å². The molecule has 33 heavy (non-hydrogen) atoms. The second kappa shape index (κ2) is 8.43. The molecule has 0 spiro atoms. The summed E-state index contributed by atoms with van der Waals surface area (Å²) in [7, 11) is 9.38. The molecule has 0 saturated heterocycles. The maximum Gasteiger partial charge on any atom is 0.0994 e. The maximum atomic E-state index is 8.52. The van der Waals surface area contributed by atoms with Gasteiger partial charge in [-0.25, -0.2) is 0 Å². The van der Waals surface area contributed by atoms with Crippen LogP contribution in [0.15, 0.2) is 0 Å². The Balaban J connectivity index is 0.000000132. The van der Waals surface area contributed by atoms with Crippen molar-refractivity contribution in [3.8, 4) is 0 Å². The molecule has 0 heterocycles. The standard InChI is InChI=1S/2C13H24N.H2O4S/c2*1-14(2,3)13-7-10-4-11(8-13)6-12(5-10)9-13;1-5(2,3)4/h2*10-12H,4-9H2,1-3H3;(H2,1,2,3,4)/q2*+1;/p-2. The average molecular weight is 485 g/mol. The molecule has 0 aromatic rings. The van der Waals surface area contributed by atoms with Gasteiger partial charge in [-0.1, -0.05) is 0 Å². The SMILES string of the molecule is C[N+](C)(C)C12CC3CC(CC(C3)C1)C2.C[N+](C)(C)C12CC3CC(CC(C3)C1)C2.O=S(=O)([O-])[O-]. The highest BCUT2D eigenvalue weighted by molar-refractivity contribution is 7.79. The molecule has 8 saturated carbocycles. The molecular weight excluding hydrogens is 436 g/mol. The van der Waals surface area contributed by atoms with E-state index in [0.717, 1.165) is 35.5 Å². The maximum absolute atomic E-state index is 8.52. The van der Waals surface area contributed by atoms with Crippen molar-refractivity contribution in [3.05, 3.63) is 0 Å². The molecule has 0 radical (unpaired) electrons. The van der Waals surface area contributed by atoms with Crippen LogP contribution in [0.4, 0.5) is 0 Å². The first kappa shape index (κ1) is 25.9. The zero-order valence-corrected chi connectivity index (χ0v) is 22.7. The summed E-state index contributed by atoms with van der Waals surface area (Å²) in [5.41, 5.74) is 1.35. The largest absolute Gasteiger partial charge is 0.759 e. The van der Waals surface area contributed by atoms with Gasteiger partial charge in [0, 0.05) is 48.9 Å². The monoisotopic (exact) mass is 484 g/mol. The van der Waals surface area contributed by atoms with Crippen molar-refractivity contribution in [3.63, 3.8) is 0 Å². The first-order valence-corrected chi connectivity index (χ1v) is 14.6. The summed E-state index contributed by atoms with van der Waals surface area (Å²) in [6, 6.07) is 0. The first-order valence-electron chi connectivity index (χ1n) is 13.3. The Labute approximate surface area is 202 Å². The average Bonchev–Trinajstić information content (AvgIpc) is 2.56. The Morgan fingerprint density at radius 1 is 0.515 bits per heavy atom. The van der Waals surface area contributed by atoms with Gasteiger partial charge in [0.2, 0.25) is 0 Å². The van der Waals surface area contributed by atoms with Crippen LogP contribution in [-0.2, 0) is 10.4 Å². The van der Waals surface area contributed by atoms with E-state index in [1.165, 1.54) is 47.5 Å². The minimum absolute atomic E-state index is 0.675. The Bertz CT molecular complexity index is 692. The van der Waals surface area contributed by atoms with E-state index in [-0.39, 0.29) is 0 Å². The Hall–Kier alpha value is -0.210. The highest BCUT2D eigenvalue weighted by Gasteiger charge is 2.58. The summed E-state index contributed by atoms with van der Waals surface area (Å²) in [5, 5.41) is 0. The Kier molecular flexibility index (Phi) is 6.61. The van der Waals surface area contributed by atoms with Crippen molar-refractivity contribution < 1.29 is 26.5 Å². The molecular formula is C26H48N2O4S. The molecule has 0 atom stereocenters. The van der Waals surface area contributed by atoms with E-state index in [2.05, 4.69) is 42.3 Å². The Morgan fingerprint density at radius 3 is 0.788 bits per heavy atom. The highest BCUT2D eigenvalue weighted by atomic mass is 32.3. The summed E-state index contributed by atoms with van der Waals surface area (Å²) in [5.74, 6) is 6.58. The molecule has 8 rings (SSSR count). The van der Waals surface area contributed by atoms with Gasteiger partial charge in [0.1, 0.15) is 0 Å². The summed E-state index contributed by atoms with van der Waals surface area (Å²) in [6.07, 6.45) is 18.6. The lowest BCUT2D eigenvalue weighted by atomic mass is 9.52. The molecule has 192 valence electrons. The van der Waals surface area contributed by atoms with Gasteiger partial charge in [-0.15, -0.1) is 0 Å². The van der Waals surface area contributed by atoms with Crippen LogP contribution >= 0.6 is 0 Å². The van der Waals surface area contributed by atoms with Crippen LogP contribution in [0.1, 0.15) is 77.0 Å². The molecule has 0 unspecified atom stereocenters. The van der Waals surface area contributed by atoms with E-state index in [1.807, 2.05) is 0 Å². The normalized spacial score (nSPS) is 45.2. The highest BCUT2D eigenvalue weighted by Crippen LogP contribution is 2.59.